The molecule has 0 aliphatic rings. The number of fused-ring (bicyclic) bond motifs is 1. The predicted molar refractivity (Wildman–Crippen MR) is 73.0 cm³/mol. The summed E-state index contributed by atoms with van der Waals surface area (Å²) in [6.07, 6.45) is 1.79. The summed E-state index contributed by atoms with van der Waals surface area (Å²) >= 11 is 3.32. The lowest BCUT2D eigenvalue weighted by Gasteiger charge is -2.04. The van der Waals surface area contributed by atoms with Gasteiger partial charge in [0, 0.05) is 11.6 Å². The molecule has 0 aliphatic heterocycles. The molecule has 2 heterocycles. The van der Waals surface area contributed by atoms with Crippen LogP contribution in [-0.4, -0.2) is 19.7 Å². The van der Waals surface area contributed by atoms with Gasteiger partial charge in [0.25, 0.3) is 0 Å². The number of nitrogens with two attached hydrogens (primary N) is 1. The van der Waals surface area contributed by atoms with E-state index in [1.807, 2.05) is 24.3 Å². The zero-order chi connectivity index (χ0) is 12.5. The molecule has 5 nitrogen and oxygen atoms in total. The third-order valence-electron chi connectivity index (χ3n) is 2.64. The van der Waals surface area contributed by atoms with E-state index in [1.54, 1.807) is 10.9 Å². The average Bonchev–Trinajstić information content (AvgIpc) is 2.68. The maximum absolute atomic E-state index is 5.54. The van der Waals surface area contributed by atoms with E-state index >= 15 is 0 Å². The molecule has 0 amide bonds. The second kappa shape index (κ2) is 4.38. The first-order chi connectivity index (χ1) is 8.72. The highest BCUT2D eigenvalue weighted by Gasteiger charge is 2.05. The standard InChI is InChI=1S/C12H10BrN5/c13-11-16-12(14)17-18(11)7-8-3-4-10-9(6-8)2-1-5-15-10/h1-6H,7H2,(H2,14,17). The Balaban J connectivity index is 1.97. The van der Waals surface area contributed by atoms with Crippen LogP contribution in [0.3, 0.4) is 0 Å². The highest BCUT2D eigenvalue weighted by Crippen LogP contribution is 2.16. The summed E-state index contributed by atoms with van der Waals surface area (Å²) in [6.45, 7) is 0.621. The van der Waals surface area contributed by atoms with Crippen LogP contribution in [-0.2, 0) is 6.54 Å². The van der Waals surface area contributed by atoms with Crippen LogP contribution in [0, 0.1) is 0 Å². The molecule has 0 unspecified atom stereocenters. The molecule has 0 atom stereocenters. The molecule has 2 N–H and O–H groups in total. The van der Waals surface area contributed by atoms with Crippen LogP contribution in [0.1, 0.15) is 5.56 Å². The summed E-state index contributed by atoms with van der Waals surface area (Å²) in [5, 5.41) is 5.22. The van der Waals surface area contributed by atoms with Gasteiger partial charge in [-0.1, -0.05) is 12.1 Å². The van der Waals surface area contributed by atoms with Gasteiger partial charge in [-0.15, -0.1) is 5.10 Å². The largest absolute Gasteiger partial charge is 0.366 e. The van der Waals surface area contributed by atoms with E-state index in [9.17, 15) is 0 Å². The Morgan fingerprint density at radius 1 is 1.28 bits per heavy atom. The molecule has 0 spiro atoms. The van der Waals surface area contributed by atoms with Crippen LogP contribution in [0.2, 0.25) is 0 Å². The molecule has 0 radical (unpaired) electrons. The van der Waals surface area contributed by atoms with Crippen molar-refractivity contribution in [1.29, 1.82) is 0 Å². The van der Waals surface area contributed by atoms with Crippen LogP contribution in [0.25, 0.3) is 10.9 Å². The van der Waals surface area contributed by atoms with Crippen molar-refractivity contribution in [3.05, 3.63) is 46.8 Å². The second-order valence-electron chi connectivity index (χ2n) is 3.93. The lowest BCUT2D eigenvalue weighted by molar-refractivity contribution is 0.670. The number of pyridine rings is 1. The van der Waals surface area contributed by atoms with Gasteiger partial charge in [-0.05, 0) is 39.7 Å². The number of nitrogen functional groups attached to an aromatic ring is 1. The molecule has 90 valence electrons. The van der Waals surface area contributed by atoms with Crippen molar-refractivity contribution in [2.45, 2.75) is 6.54 Å². The van der Waals surface area contributed by atoms with Crippen molar-refractivity contribution in [1.82, 2.24) is 19.7 Å². The van der Waals surface area contributed by atoms with Crippen molar-refractivity contribution < 1.29 is 0 Å². The van der Waals surface area contributed by atoms with Gasteiger partial charge in [-0.3, -0.25) is 4.98 Å². The van der Waals surface area contributed by atoms with Gasteiger partial charge >= 0.3 is 0 Å². The average molecular weight is 304 g/mol. The molecule has 0 fully saturated rings. The number of nitrogens with zero attached hydrogens (tertiary/aromatic N) is 4. The SMILES string of the molecule is Nc1nc(Br)n(Cc2ccc3ncccc3c2)n1. The first-order valence-corrected chi connectivity index (χ1v) is 6.21. The molecule has 6 heteroatoms. The maximum atomic E-state index is 5.54. The molecular weight excluding hydrogens is 294 g/mol. The van der Waals surface area contributed by atoms with Gasteiger partial charge in [-0.2, -0.15) is 4.98 Å². The third kappa shape index (κ3) is 2.06. The van der Waals surface area contributed by atoms with Crippen molar-refractivity contribution in [3.8, 4) is 0 Å². The number of hydrogen-bond acceptors (Lipinski definition) is 4. The molecule has 3 rings (SSSR count). The minimum atomic E-state index is 0.268. The van der Waals surface area contributed by atoms with Crippen molar-refractivity contribution in [2.24, 2.45) is 0 Å². The van der Waals surface area contributed by atoms with Crippen LogP contribution < -0.4 is 5.73 Å². The lowest BCUT2D eigenvalue weighted by atomic mass is 10.1. The minimum Gasteiger partial charge on any atom is -0.366 e. The van der Waals surface area contributed by atoms with Gasteiger partial charge in [0.2, 0.25) is 5.95 Å². The van der Waals surface area contributed by atoms with Crippen molar-refractivity contribution in [2.75, 3.05) is 5.73 Å². The third-order valence-corrected chi connectivity index (χ3v) is 3.23. The topological polar surface area (TPSA) is 69.6 Å². The Labute approximate surface area is 112 Å². The predicted octanol–water partition coefficient (Wildman–Crippen LogP) is 2.22. The summed E-state index contributed by atoms with van der Waals surface area (Å²) < 4.78 is 2.35. The summed E-state index contributed by atoms with van der Waals surface area (Å²) in [6, 6.07) is 10.1. The molecule has 0 aliphatic carbocycles. The van der Waals surface area contributed by atoms with E-state index in [0.29, 0.717) is 11.3 Å². The van der Waals surface area contributed by atoms with E-state index in [0.717, 1.165) is 16.5 Å². The summed E-state index contributed by atoms with van der Waals surface area (Å²) in [5.74, 6) is 0.268. The fourth-order valence-electron chi connectivity index (χ4n) is 1.84. The summed E-state index contributed by atoms with van der Waals surface area (Å²) in [4.78, 5) is 8.29. The highest BCUT2D eigenvalue weighted by molar-refractivity contribution is 9.10. The Kier molecular flexibility index (Phi) is 2.71. The van der Waals surface area contributed by atoms with Gasteiger partial charge in [0.1, 0.15) is 0 Å². The minimum absolute atomic E-state index is 0.268. The van der Waals surface area contributed by atoms with E-state index in [4.69, 9.17) is 5.73 Å². The Bertz CT molecular complexity index is 707. The Morgan fingerprint density at radius 3 is 2.94 bits per heavy atom. The van der Waals surface area contributed by atoms with Crippen LogP contribution in [0.15, 0.2) is 41.3 Å². The molecule has 0 bridgehead atoms. The number of anilines is 1. The van der Waals surface area contributed by atoms with Gasteiger partial charge in [0.15, 0.2) is 4.73 Å². The molecule has 1 aromatic carbocycles. The first-order valence-electron chi connectivity index (χ1n) is 5.42. The normalized spacial score (nSPS) is 10.9. The summed E-state index contributed by atoms with van der Waals surface area (Å²) in [7, 11) is 0. The molecular formula is C12H10BrN5. The molecule has 0 saturated heterocycles. The fraction of sp³-hybridized carbons (Fsp3) is 0.0833. The molecule has 18 heavy (non-hydrogen) atoms. The number of hydrogen-bond donors (Lipinski definition) is 1. The molecule has 2 aromatic heterocycles. The number of rotatable bonds is 2. The van der Waals surface area contributed by atoms with E-state index < -0.39 is 0 Å². The quantitative estimate of drug-likeness (QED) is 0.788. The zero-order valence-corrected chi connectivity index (χ0v) is 11.0. The number of halogens is 1. The summed E-state index contributed by atoms with van der Waals surface area (Å²) in [5.41, 5.74) is 7.65. The lowest BCUT2D eigenvalue weighted by Crippen LogP contribution is -2.02. The maximum Gasteiger partial charge on any atom is 0.240 e. The van der Waals surface area contributed by atoms with E-state index in [1.165, 1.54) is 0 Å². The first kappa shape index (κ1) is 11.2. The second-order valence-corrected chi connectivity index (χ2v) is 4.64. The molecule has 3 aromatic rings. The monoisotopic (exact) mass is 303 g/mol. The van der Waals surface area contributed by atoms with Crippen LogP contribution in [0.5, 0.6) is 0 Å². The Morgan fingerprint density at radius 2 is 2.17 bits per heavy atom. The Hall–Kier alpha value is -1.95. The number of aromatic nitrogens is 4. The van der Waals surface area contributed by atoms with Gasteiger partial charge < -0.3 is 5.73 Å². The van der Waals surface area contributed by atoms with E-state index in [-0.39, 0.29) is 5.95 Å². The van der Waals surface area contributed by atoms with Crippen LogP contribution >= 0.6 is 15.9 Å². The fourth-order valence-corrected chi connectivity index (χ4v) is 2.22. The zero-order valence-electron chi connectivity index (χ0n) is 9.42. The van der Waals surface area contributed by atoms with Gasteiger partial charge in [0.05, 0.1) is 12.1 Å². The van der Waals surface area contributed by atoms with Crippen LogP contribution in [0.4, 0.5) is 5.95 Å². The number of benzene rings is 1. The molecule has 0 saturated carbocycles. The smallest absolute Gasteiger partial charge is 0.240 e. The highest BCUT2D eigenvalue weighted by atomic mass is 79.9. The van der Waals surface area contributed by atoms with Crippen molar-refractivity contribution in [3.63, 3.8) is 0 Å². The van der Waals surface area contributed by atoms with Gasteiger partial charge in [-0.25, -0.2) is 4.68 Å². The van der Waals surface area contributed by atoms with E-state index in [2.05, 4.69) is 37.1 Å². The van der Waals surface area contributed by atoms with Crippen molar-refractivity contribution >= 4 is 32.8 Å².